The van der Waals surface area contributed by atoms with Crippen LogP contribution in [-0.2, 0) is 9.63 Å². The molecule has 0 aromatic heterocycles. The first-order chi connectivity index (χ1) is 6.81. The molecule has 0 amide bonds. The summed E-state index contributed by atoms with van der Waals surface area (Å²) in [5, 5.41) is 3.20. The number of hydroxylamine groups is 1. The van der Waals surface area contributed by atoms with Crippen molar-refractivity contribution in [3.63, 3.8) is 0 Å². The van der Waals surface area contributed by atoms with E-state index in [1.165, 1.54) is 19.3 Å². The number of hydrogen-bond donors (Lipinski definition) is 2. The zero-order chi connectivity index (χ0) is 10.6. The molecule has 0 spiro atoms. The Bertz CT molecular complexity index is 140. The Labute approximate surface area is 86.4 Å². The Morgan fingerprint density at radius 2 is 2.00 bits per heavy atom. The number of nitrogens with one attached hydrogen (secondary N) is 2. The Balaban J connectivity index is 3.07. The minimum atomic E-state index is -0.199. The third-order valence-corrected chi connectivity index (χ3v) is 1.79. The molecule has 0 bridgehead atoms. The molecule has 84 valence electrons. The minimum absolute atomic E-state index is 0.199. The van der Waals surface area contributed by atoms with Crippen LogP contribution in [0.15, 0.2) is 0 Å². The van der Waals surface area contributed by atoms with Gasteiger partial charge in [0.15, 0.2) is 0 Å². The molecule has 0 unspecified atom stereocenters. The van der Waals surface area contributed by atoms with E-state index in [1.807, 2.05) is 6.92 Å². The van der Waals surface area contributed by atoms with Gasteiger partial charge < -0.3 is 10.2 Å². The van der Waals surface area contributed by atoms with Gasteiger partial charge in [-0.2, -0.15) is 5.48 Å². The third-order valence-electron chi connectivity index (χ3n) is 1.79. The van der Waals surface area contributed by atoms with Gasteiger partial charge in [0.1, 0.15) is 0 Å². The molecule has 0 radical (unpaired) electrons. The molecule has 0 saturated carbocycles. The standard InChI is InChI=1S/C10H22N2O2/c1-3-5-6-8-11-9-7-10(13)14-12-4-2/h11-12H,3-9H2,1-2H3. The largest absolute Gasteiger partial charge is 0.371 e. The fraction of sp³-hybridized carbons (Fsp3) is 0.900. The number of hydrogen-bond acceptors (Lipinski definition) is 4. The lowest BCUT2D eigenvalue weighted by molar-refractivity contribution is -0.150. The Hall–Kier alpha value is -0.610. The van der Waals surface area contributed by atoms with Crippen LogP contribution in [0.2, 0.25) is 0 Å². The molecule has 0 aliphatic heterocycles. The number of carbonyl (C=O) groups is 1. The lowest BCUT2D eigenvalue weighted by Gasteiger charge is -2.04. The monoisotopic (exact) mass is 202 g/mol. The van der Waals surface area contributed by atoms with Crippen LogP contribution in [0, 0.1) is 0 Å². The van der Waals surface area contributed by atoms with Gasteiger partial charge in [0.25, 0.3) is 0 Å². The zero-order valence-corrected chi connectivity index (χ0v) is 9.27. The van der Waals surface area contributed by atoms with Crippen LogP contribution in [0.1, 0.15) is 39.5 Å². The summed E-state index contributed by atoms with van der Waals surface area (Å²) in [5.74, 6) is -0.199. The van der Waals surface area contributed by atoms with Crippen molar-refractivity contribution in [2.24, 2.45) is 0 Å². The first-order valence-corrected chi connectivity index (χ1v) is 5.44. The van der Waals surface area contributed by atoms with E-state index in [0.29, 0.717) is 19.5 Å². The fourth-order valence-corrected chi connectivity index (χ4v) is 1.02. The predicted octanol–water partition coefficient (Wildman–Crippen LogP) is 1.22. The van der Waals surface area contributed by atoms with Crippen molar-refractivity contribution < 1.29 is 9.63 Å². The highest BCUT2D eigenvalue weighted by Crippen LogP contribution is 1.91. The first-order valence-electron chi connectivity index (χ1n) is 5.44. The average Bonchev–Trinajstić information content (AvgIpc) is 2.20. The number of rotatable bonds is 9. The van der Waals surface area contributed by atoms with Crippen molar-refractivity contribution in [2.75, 3.05) is 19.6 Å². The van der Waals surface area contributed by atoms with Crippen LogP contribution in [0.5, 0.6) is 0 Å². The van der Waals surface area contributed by atoms with Gasteiger partial charge in [-0.25, -0.2) is 0 Å². The molecule has 0 atom stereocenters. The maximum atomic E-state index is 11.0. The van der Waals surface area contributed by atoms with E-state index in [0.717, 1.165) is 6.54 Å². The topological polar surface area (TPSA) is 50.4 Å². The van der Waals surface area contributed by atoms with Crippen molar-refractivity contribution in [2.45, 2.75) is 39.5 Å². The second-order valence-electron chi connectivity index (χ2n) is 3.18. The molecule has 4 heteroatoms. The summed E-state index contributed by atoms with van der Waals surface area (Å²) < 4.78 is 0. The van der Waals surface area contributed by atoms with E-state index in [-0.39, 0.29) is 5.97 Å². The summed E-state index contributed by atoms with van der Waals surface area (Å²) in [6, 6.07) is 0. The molecule has 0 heterocycles. The second kappa shape index (κ2) is 10.5. The van der Waals surface area contributed by atoms with Gasteiger partial charge in [0.05, 0.1) is 6.42 Å². The van der Waals surface area contributed by atoms with Gasteiger partial charge in [-0.05, 0) is 19.9 Å². The molecule has 0 saturated heterocycles. The molecule has 4 nitrogen and oxygen atoms in total. The maximum Gasteiger partial charge on any atom is 0.326 e. The summed E-state index contributed by atoms with van der Waals surface area (Å²) in [4.78, 5) is 15.7. The van der Waals surface area contributed by atoms with Gasteiger partial charge in [0, 0.05) is 13.1 Å². The van der Waals surface area contributed by atoms with E-state index < -0.39 is 0 Å². The molecular weight excluding hydrogens is 180 g/mol. The summed E-state index contributed by atoms with van der Waals surface area (Å²) in [6.07, 6.45) is 4.08. The predicted molar refractivity (Wildman–Crippen MR) is 56.8 cm³/mol. The molecule has 0 aliphatic carbocycles. The summed E-state index contributed by atoms with van der Waals surface area (Å²) in [5.41, 5.74) is 2.53. The van der Waals surface area contributed by atoms with Crippen molar-refractivity contribution >= 4 is 5.97 Å². The van der Waals surface area contributed by atoms with Crippen LogP contribution in [0.25, 0.3) is 0 Å². The van der Waals surface area contributed by atoms with E-state index in [9.17, 15) is 4.79 Å². The van der Waals surface area contributed by atoms with Crippen LogP contribution >= 0.6 is 0 Å². The van der Waals surface area contributed by atoms with E-state index >= 15 is 0 Å². The van der Waals surface area contributed by atoms with Crippen LogP contribution in [0.4, 0.5) is 0 Å². The average molecular weight is 202 g/mol. The van der Waals surface area contributed by atoms with Gasteiger partial charge >= 0.3 is 5.97 Å². The molecule has 2 N–H and O–H groups in total. The molecule has 0 fully saturated rings. The summed E-state index contributed by atoms with van der Waals surface area (Å²) >= 11 is 0. The summed E-state index contributed by atoms with van der Waals surface area (Å²) in [7, 11) is 0. The fourth-order valence-electron chi connectivity index (χ4n) is 1.02. The van der Waals surface area contributed by atoms with Crippen molar-refractivity contribution in [3.8, 4) is 0 Å². The Kier molecular flexibility index (Phi) is 10.0. The van der Waals surface area contributed by atoms with Gasteiger partial charge in [-0.3, -0.25) is 4.79 Å². The maximum absolute atomic E-state index is 11.0. The summed E-state index contributed by atoms with van der Waals surface area (Å²) in [6.45, 7) is 6.40. The lowest BCUT2D eigenvalue weighted by Crippen LogP contribution is -2.24. The van der Waals surface area contributed by atoms with E-state index in [2.05, 4.69) is 22.6 Å². The second-order valence-corrected chi connectivity index (χ2v) is 3.18. The molecule has 14 heavy (non-hydrogen) atoms. The first kappa shape index (κ1) is 13.4. The van der Waals surface area contributed by atoms with Gasteiger partial charge in [0.2, 0.25) is 0 Å². The zero-order valence-electron chi connectivity index (χ0n) is 9.27. The SMILES string of the molecule is CCCCCNCCC(=O)ONCC. The Morgan fingerprint density at radius 1 is 1.21 bits per heavy atom. The molecular formula is C10H22N2O2. The number of carbonyl (C=O) groups excluding carboxylic acids is 1. The van der Waals surface area contributed by atoms with E-state index in [1.54, 1.807) is 0 Å². The number of unbranched alkanes of at least 4 members (excludes halogenated alkanes) is 2. The van der Waals surface area contributed by atoms with Gasteiger partial charge in [-0.15, -0.1) is 0 Å². The Morgan fingerprint density at radius 3 is 2.64 bits per heavy atom. The normalized spacial score (nSPS) is 10.1. The molecule has 0 aliphatic rings. The van der Waals surface area contributed by atoms with Crippen LogP contribution in [-0.4, -0.2) is 25.6 Å². The molecule has 0 aromatic carbocycles. The minimum Gasteiger partial charge on any atom is -0.371 e. The molecule has 0 rings (SSSR count). The van der Waals surface area contributed by atoms with Crippen LogP contribution in [0.3, 0.4) is 0 Å². The van der Waals surface area contributed by atoms with Crippen LogP contribution < -0.4 is 10.8 Å². The smallest absolute Gasteiger partial charge is 0.326 e. The highest BCUT2D eigenvalue weighted by molar-refractivity contribution is 5.69. The molecule has 0 aromatic rings. The quantitative estimate of drug-likeness (QED) is 0.436. The van der Waals surface area contributed by atoms with E-state index in [4.69, 9.17) is 0 Å². The third kappa shape index (κ3) is 9.48. The highest BCUT2D eigenvalue weighted by atomic mass is 16.7. The van der Waals surface area contributed by atoms with Crippen molar-refractivity contribution in [1.82, 2.24) is 10.8 Å². The van der Waals surface area contributed by atoms with Crippen molar-refractivity contribution in [3.05, 3.63) is 0 Å². The van der Waals surface area contributed by atoms with Gasteiger partial charge in [-0.1, -0.05) is 19.8 Å². The highest BCUT2D eigenvalue weighted by Gasteiger charge is 2.00. The lowest BCUT2D eigenvalue weighted by atomic mass is 10.2. The van der Waals surface area contributed by atoms with Crippen molar-refractivity contribution in [1.29, 1.82) is 0 Å².